The molecule has 1 amide bonds. The van der Waals surface area contributed by atoms with Gasteiger partial charge in [-0.1, -0.05) is 0 Å². The van der Waals surface area contributed by atoms with Crippen molar-refractivity contribution >= 4 is 5.91 Å². The molecule has 7 heteroatoms. The minimum atomic E-state index is 0.220. The van der Waals surface area contributed by atoms with Crippen LogP contribution < -0.4 is 0 Å². The summed E-state index contributed by atoms with van der Waals surface area (Å²) < 4.78 is 3.76. The van der Waals surface area contributed by atoms with Gasteiger partial charge in [-0.2, -0.15) is 10.2 Å². The van der Waals surface area contributed by atoms with E-state index in [2.05, 4.69) is 22.1 Å². The molecule has 124 valence electrons. The Morgan fingerprint density at radius 1 is 1.39 bits per heavy atom. The quantitative estimate of drug-likeness (QED) is 0.855. The molecule has 3 rings (SSSR count). The molecule has 2 aromatic rings. The molecule has 1 aliphatic rings. The predicted molar refractivity (Wildman–Crippen MR) is 85.9 cm³/mol. The predicted octanol–water partition coefficient (Wildman–Crippen LogP) is 1.42. The Balaban J connectivity index is 1.59. The Kier molecular flexibility index (Phi) is 4.45. The number of rotatable bonds is 4. The second-order valence-corrected chi connectivity index (χ2v) is 6.28. The Labute approximate surface area is 136 Å². The van der Waals surface area contributed by atoms with E-state index in [1.54, 1.807) is 12.7 Å². The van der Waals surface area contributed by atoms with E-state index in [-0.39, 0.29) is 11.9 Å². The molecule has 23 heavy (non-hydrogen) atoms. The summed E-state index contributed by atoms with van der Waals surface area (Å²) in [6.07, 6.45) is 6.65. The highest BCUT2D eigenvalue weighted by Crippen LogP contribution is 2.22. The Bertz CT molecular complexity index is 675. The largest absolute Gasteiger partial charge is 0.341 e. The first kappa shape index (κ1) is 15.7. The van der Waals surface area contributed by atoms with Crippen LogP contribution in [0.25, 0.3) is 0 Å². The zero-order valence-corrected chi connectivity index (χ0v) is 14.1. The number of piperidine rings is 1. The third kappa shape index (κ3) is 3.28. The van der Waals surface area contributed by atoms with Gasteiger partial charge in [-0.3, -0.25) is 9.48 Å². The van der Waals surface area contributed by atoms with Crippen molar-refractivity contribution in [3.8, 4) is 0 Å². The number of nitrogens with zero attached hydrogens (tertiary/aromatic N) is 6. The van der Waals surface area contributed by atoms with Gasteiger partial charge in [-0.05, 0) is 38.7 Å². The first-order valence-electron chi connectivity index (χ1n) is 8.17. The van der Waals surface area contributed by atoms with Crippen molar-refractivity contribution in [3.63, 3.8) is 0 Å². The number of hydrogen-bond donors (Lipinski definition) is 0. The second-order valence-electron chi connectivity index (χ2n) is 6.28. The average Bonchev–Trinajstić information content (AvgIpc) is 3.16. The van der Waals surface area contributed by atoms with E-state index in [0.717, 1.165) is 43.7 Å². The van der Waals surface area contributed by atoms with E-state index in [4.69, 9.17) is 0 Å². The summed E-state index contributed by atoms with van der Waals surface area (Å²) in [5, 5.41) is 8.63. The van der Waals surface area contributed by atoms with Gasteiger partial charge in [-0.25, -0.2) is 9.67 Å². The minimum Gasteiger partial charge on any atom is -0.341 e. The van der Waals surface area contributed by atoms with Crippen molar-refractivity contribution in [2.24, 2.45) is 7.05 Å². The van der Waals surface area contributed by atoms with Gasteiger partial charge < -0.3 is 4.90 Å². The SMILES string of the molecule is Cc1nn(C)c(C)c1CCC(=O)N1CCCC(n2cncn2)C1. The van der Waals surface area contributed by atoms with Crippen LogP contribution in [0.1, 0.15) is 42.3 Å². The Morgan fingerprint density at radius 3 is 2.87 bits per heavy atom. The fraction of sp³-hybridized carbons (Fsp3) is 0.625. The number of likely N-dealkylation sites (tertiary alicyclic amines) is 1. The van der Waals surface area contributed by atoms with Crippen molar-refractivity contribution in [1.29, 1.82) is 0 Å². The number of aromatic nitrogens is 5. The molecule has 0 N–H and O–H groups in total. The molecular formula is C16H24N6O. The van der Waals surface area contributed by atoms with Gasteiger partial charge in [0.15, 0.2) is 0 Å². The summed E-state index contributed by atoms with van der Waals surface area (Å²) in [7, 11) is 1.95. The molecule has 7 nitrogen and oxygen atoms in total. The smallest absolute Gasteiger partial charge is 0.222 e. The molecule has 1 saturated heterocycles. The maximum absolute atomic E-state index is 12.6. The van der Waals surface area contributed by atoms with Gasteiger partial charge >= 0.3 is 0 Å². The molecular weight excluding hydrogens is 292 g/mol. The molecule has 3 heterocycles. The monoisotopic (exact) mass is 316 g/mol. The van der Waals surface area contributed by atoms with Crippen molar-refractivity contribution in [2.75, 3.05) is 13.1 Å². The summed E-state index contributed by atoms with van der Waals surface area (Å²) >= 11 is 0. The third-order valence-electron chi connectivity index (χ3n) is 4.81. The molecule has 1 atom stereocenters. The number of carbonyl (C=O) groups is 1. The van der Waals surface area contributed by atoms with Crippen molar-refractivity contribution in [1.82, 2.24) is 29.4 Å². The van der Waals surface area contributed by atoms with E-state index < -0.39 is 0 Å². The maximum Gasteiger partial charge on any atom is 0.222 e. The lowest BCUT2D eigenvalue weighted by atomic mass is 10.0. The first-order valence-corrected chi connectivity index (χ1v) is 8.17. The third-order valence-corrected chi connectivity index (χ3v) is 4.81. The number of aryl methyl sites for hydroxylation is 2. The highest BCUT2D eigenvalue weighted by atomic mass is 16.2. The van der Waals surface area contributed by atoms with Crippen LogP contribution in [0.15, 0.2) is 12.7 Å². The molecule has 0 bridgehead atoms. The fourth-order valence-electron chi connectivity index (χ4n) is 3.37. The Hall–Kier alpha value is -2.18. The highest BCUT2D eigenvalue weighted by Gasteiger charge is 2.25. The number of hydrogen-bond acceptors (Lipinski definition) is 4. The lowest BCUT2D eigenvalue weighted by Crippen LogP contribution is -2.41. The molecule has 0 radical (unpaired) electrons. The standard InChI is InChI=1S/C16H24N6O/c1-12-15(13(2)20(3)19-12)6-7-16(23)21-8-4-5-14(9-21)22-11-17-10-18-22/h10-11,14H,4-9H2,1-3H3. The van der Waals surface area contributed by atoms with E-state index in [1.165, 1.54) is 5.56 Å². The van der Waals surface area contributed by atoms with Gasteiger partial charge in [0.1, 0.15) is 12.7 Å². The summed E-state index contributed by atoms with van der Waals surface area (Å²) in [5.41, 5.74) is 3.37. The van der Waals surface area contributed by atoms with Gasteiger partial charge in [0.25, 0.3) is 0 Å². The topological polar surface area (TPSA) is 68.8 Å². The van der Waals surface area contributed by atoms with Gasteiger partial charge in [0, 0.05) is 32.3 Å². The van der Waals surface area contributed by atoms with E-state index >= 15 is 0 Å². The Morgan fingerprint density at radius 2 is 2.22 bits per heavy atom. The minimum absolute atomic E-state index is 0.220. The van der Waals surface area contributed by atoms with Crippen LogP contribution in [-0.4, -0.2) is 48.4 Å². The number of carbonyl (C=O) groups excluding carboxylic acids is 1. The molecule has 1 fully saturated rings. The lowest BCUT2D eigenvalue weighted by molar-refractivity contribution is -0.132. The molecule has 0 aliphatic carbocycles. The van der Waals surface area contributed by atoms with Crippen molar-refractivity contribution in [2.45, 2.75) is 45.6 Å². The molecule has 0 spiro atoms. The summed E-state index contributed by atoms with van der Waals surface area (Å²) in [4.78, 5) is 18.5. The van der Waals surface area contributed by atoms with Crippen LogP contribution in [0, 0.1) is 13.8 Å². The van der Waals surface area contributed by atoms with Crippen LogP contribution >= 0.6 is 0 Å². The zero-order chi connectivity index (χ0) is 16.4. The van der Waals surface area contributed by atoms with Crippen molar-refractivity contribution in [3.05, 3.63) is 29.6 Å². The highest BCUT2D eigenvalue weighted by molar-refractivity contribution is 5.76. The molecule has 0 saturated carbocycles. The number of amides is 1. The summed E-state index contributed by atoms with van der Waals surface area (Å²) in [5.74, 6) is 0.220. The van der Waals surface area contributed by atoms with Crippen LogP contribution in [-0.2, 0) is 18.3 Å². The normalized spacial score (nSPS) is 18.4. The van der Waals surface area contributed by atoms with Crippen LogP contribution in [0.3, 0.4) is 0 Å². The van der Waals surface area contributed by atoms with Gasteiger partial charge in [-0.15, -0.1) is 0 Å². The average molecular weight is 316 g/mol. The van der Waals surface area contributed by atoms with Gasteiger partial charge in [0.2, 0.25) is 5.91 Å². The van der Waals surface area contributed by atoms with Crippen LogP contribution in [0.4, 0.5) is 0 Å². The van der Waals surface area contributed by atoms with Crippen LogP contribution in [0.2, 0.25) is 0 Å². The fourth-order valence-corrected chi connectivity index (χ4v) is 3.37. The maximum atomic E-state index is 12.6. The molecule has 2 aromatic heterocycles. The van der Waals surface area contributed by atoms with Crippen molar-refractivity contribution < 1.29 is 4.79 Å². The second kappa shape index (κ2) is 6.52. The summed E-state index contributed by atoms with van der Waals surface area (Å²) in [6, 6.07) is 0.247. The summed E-state index contributed by atoms with van der Waals surface area (Å²) in [6.45, 7) is 5.64. The van der Waals surface area contributed by atoms with E-state index in [9.17, 15) is 4.79 Å². The lowest BCUT2D eigenvalue weighted by Gasteiger charge is -2.32. The van der Waals surface area contributed by atoms with Crippen LogP contribution in [0.5, 0.6) is 0 Å². The molecule has 0 aromatic carbocycles. The van der Waals surface area contributed by atoms with E-state index in [0.29, 0.717) is 6.42 Å². The zero-order valence-electron chi connectivity index (χ0n) is 14.1. The first-order chi connectivity index (χ1) is 11.1. The molecule has 1 unspecified atom stereocenters. The van der Waals surface area contributed by atoms with E-state index in [1.807, 2.05) is 28.2 Å². The van der Waals surface area contributed by atoms with Gasteiger partial charge in [0.05, 0.1) is 11.7 Å². The molecule has 1 aliphatic heterocycles.